The summed E-state index contributed by atoms with van der Waals surface area (Å²) in [6.45, 7) is 2.59. The van der Waals surface area contributed by atoms with E-state index >= 15 is 0 Å². The Kier molecular flexibility index (Phi) is 5.31. The standard InChI is InChI=1S/C27H25N3O2/c1-18-29-26-23(22-13-11-21(12-14-22)20-6-3-2-4-7-20)8-5-9-25(26)30(18)17-19-10-15-24(27(31)32)28-16-19/h5-6,8-16H,2-4,7,17H2,1H3,(H,31,32). The third kappa shape index (κ3) is 3.82. The summed E-state index contributed by atoms with van der Waals surface area (Å²) in [6, 6.07) is 18.5. The molecule has 1 N–H and O–H groups in total. The predicted octanol–water partition coefficient (Wildman–Crippen LogP) is 6.11. The summed E-state index contributed by atoms with van der Waals surface area (Å²) in [7, 11) is 0. The Morgan fingerprint density at radius 3 is 2.53 bits per heavy atom. The molecule has 5 nitrogen and oxygen atoms in total. The molecule has 5 heteroatoms. The number of carboxylic acid groups (broad SMARTS) is 1. The van der Waals surface area contributed by atoms with Gasteiger partial charge in [0.25, 0.3) is 0 Å². The van der Waals surface area contributed by atoms with Crippen LogP contribution >= 0.6 is 0 Å². The maximum Gasteiger partial charge on any atom is 0.354 e. The van der Waals surface area contributed by atoms with Gasteiger partial charge in [-0.25, -0.2) is 14.8 Å². The molecule has 0 atom stereocenters. The van der Waals surface area contributed by atoms with Crippen LogP contribution in [0.5, 0.6) is 0 Å². The number of carboxylic acids is 1. The molecule has 0 aliphatic heterocycles. The molecule has 2 aromatic carbocycles. The van der Waals surface area contributed by atoms with Gasteiger partial charge in [-0.3, -0.25) is 0 Å². The fourth-order valence-corrected chi connectivity index (χ4v) is 4.49. The summed E-state index contributed by atoms with van der Waals surface area (Å²) < 4.78 is 2.15. The first-order chi connectivity index (χ1) is 15.6. The minimum absolute atomic E-state index is 0.0516. The number of carbonyl (C=O) groups is 1. The molecule has 160 valence electrons. The van der Waals surface area contributed by atoms with Crippen molar-refractivity contribution in [1.29, 1.82) is 0 Å². The molecular weight excluding hydrogens is 398 g/mol. The molecule has 4 aromatic rings. The highest BCUT2D eigenvalue weighted by atomic mass is 16.4. The van der Waals surface area contributed by atoms with Crippen LogP contribution in [0.1, 0.15) is 53.1 Å². The van der Waals surface area contributed by atoms with Crippen LogP contribution in [0.25, 0.3) is 27.7 Å². The van der Waals surface area contributed by atoms with Gasteiger partial charge in [0.15, 0.2) is 0 Å². The highest BCUT2D eigenvalue weighted by Gasteiger charge is 2.14. The van der Waals surface area contributed by atoms with Crippen molar-refractivity contribution < 1.29 is 9.90 Å². The Bertz CT molecular complexity index is 1320. The fourth-order valence-electron chi connectivity index (χ4n) is 4.49. The van der Waals surface area contributed by atoms with Gasteiger partial charge < -0.3 is 9.67 Å². The predicted molar refractivity (Wildman–Crippen MR) is 127 cm³/mol. The summed E-state index contributed by atoms with van der Waals surface area (Å²) in [5.74, 6) is -0.102. The van der Waals surface area contributed by atoms with Crippen molar-refractivity contribution >= 4 is 22.6 Å². The minimum atomic E-state index is -1.02. The Balaban J connectivity index is 1.48. The van der Waals surface area contributed by atoms with E-state index in [9.17, 15) is 4.79 Å². The number of aryl methyl sites for hydroxylation is 1. The van der Waals surface area contributed by atoms with E-state index in [2.05, 4.69) is 58.1 Å². The SMILES string of the molecule is Cc1nc2c(-c3ccc(C4=CCCCC4)cc3)cccc2n1Cc1ccc(C(=O)O)nc1. The topological polar surface area (TPSA) is 68.0 Å². The van der Waals surface area contributed by atoms with Gasteiger partial charge in [-0.1, -0.05) is 48.5 Å². The molecule has 0 radical (unpaired) electrons. The highest BCUT2D eigenvalue weighted by Crippen LogP contribution is 2.32. The molecule has 0 unspecified atom stereocenters. The molecule has 0 saturated heterocycles. The lowest BCUT2D eigenvalue weighted by Crippen LogP contribution is -2.05. The molecule has 0 fully saturated rings. The quantitative estimate of drug-likeness (QED) is 0.420. The zero-order chi connectivity index (χ0) is 22.1. The van der Waals surface area contributed by atoms with E-state index in [1.54, 1.807) is 12.3 Å². The second-order valence-electron chi connectivity index (χ2n) is 8.33. The maximum atomic E-state index is 11.1. The third-order valence-electron chi connectivity index (χ3n) is 6.21. The fraction of sp³-hybridized carbons (Fsp3) is 0.222. The Labute approximate surface area is 187 Å². The van der Waals surface area contributed by atoms with E-state index in [1.807, 2.05) is 13.0 Å². The maximum absolute atomic E-state index is 11.1. The first-order valence-corrected chi connectivity index (χ1v) is 11.0. The molecule has 0 spiro atoms. The minimum Gasteiger partial charge on any atom is -0.477 e. The lowest BCUT2D eigenvalue weighted by Gasteiger charge is -2.13. The summed E-state index contributed by atoms with van der Waals surface area (Å²) in [5.41, 5.74) is 8.08. The van der Waals surface area contributed by atoms with Crippen molar-refractivity contribution in [2.45, 2.75) is 39.2 Å². The number of nitrogens with zero attached hydrogens (tertiary/aromatic N) is 3. The van der Waals surface area contributed by atoms with Crippen LogP contribution in [-0.4, -0.2) is 25.6 Å². The molecule has 0 bridgehead atoms. The van der Waals surface area contributed by atoms with Crippen molar-refractivity contribution in [2.24, 2.45) is 0 Å². The lowest BCUT2D eigenvalue weighted by molar-refractivity contribution is 0.0690. The Hall–Kier alpha value is -3.73. The van der Waals surface area contributed by atoms with E-state index in [-0.39, 0.29) is 5.69 Å². The lowest BCUT2D eigenvalue weighted by atomic mass is 9.92. The van der Waals surface area contributed by atoms with Gasteiger partial charge in [0.05, 0.1) is 17.6 Å². The number of fused-ring (bicyclic) bond motifs is 1. The van der Waals surface area contributed by atoms with E-state index < -0.39 is 5.97 Å². The van der Waals surface area contributed by atoms with Crippen LogP contribution < -0.4 is 0 Å². The first-order valence-electron chi connectivity index (χ1n) is 11.0. The van der Waals surface area contributed by atoms with Gasteiger partial charge >= 0.3 is 5.97 Å². The second-order valence-corrected chi connectivity index (χ2v) is 8.33. The number of aromatic carboxylic acids is 1. The number of hydrogen-bond donors (Lipinski definition) is 1. The summed E-state index contributed by atoms with van der Waals surface area (Å²) in [5, 5.41) is 9.07. The largest absolute Gasteiger partial charge is 0.477 e. The molecule has 0 saturated carbocycles. The van der Waals surface area contributed by atoms with Crippen molar-refractivity contribution in [3.05, 3.63) is 89.5 Å². The third-order valence-corrected chi connectivity index (χ3v) is 6.21. The zero-order valence-corrected chi connectivity index (χ0v) is 18.1. The molecule has 2 heterocycles. The van der Waals surface area contributed by atoms with E-state index in [4.69, 9.17) is 10.1 Å². The molecular formula is C27H25N3O2. The van der Waals surface area contributed by atoms with Gasteiger partial charge in [-0.2, -0.15) is 0 Å². The highest BCUT2D eigenvalue weighted by molar-refractivity contribution is 5.93. The number of pyridine rings is 1. The first kappa shape index (κ1) is 20.2. The molecule has 32 heavy (non-hydrogen) atoms. The number of benzene rings is 2. The van der Waals surface area contributed by atoms with Crippen LogP contribution in [0.4, 0.5) is 0 Å². The van der Waals surface area contributed by atoms with Gasteiger partial charge in [0.1, 0.15) is 11.5 Å². The average molecular weight is 424 g/mol. The number of rotatable bonds is 5. The Morgan fingerprint density at radius 1 is 1.03 bits per heavy atom. The van der Waals surface area contributed by atoms with Crippen molar-refractivity contribution in [2.75, 3.05) is 0 Å². The van der Waals surface area contributed by atoms with Gasteiger partial charge in [-0.05, 0) is 67.0 Å². The summed E-state index contributed by atoms with van der Waals surface area (Å²) in [6.07, 6.45) is 8.92. The van der Waals surface area contributed by atoms with E-state index in [1.165, 1.54) is 36.8 Å². The van der Waals surface area contributed by atoms with Crippen LogP contribution in [0.15, 0.2) is 66.9 Å². The van der Waals surface area contributed by atoms with Gasteiger partial charge in [-0.15, -0.1) is 0 Å². The van der Waals surface area contributed by atoms with Crippen LogP contribution in [0.3, 0.4) is 0 Å². The normalized spacial score (nSPS) is 13.8. The van der Waals surface area contributed by atoms with Crippen molar-refractivity contribution in [1.82, 2.24) is 14.5 Å². The number of imidazole rings is 1. The molecule has 1 aliphatic rings. The smallest absolute Gasteiger partial charge is 0.354 e. The van der Waals surface area contributed by atoms with Crippen molar-refractivity contribution in [3.8, 4) is 11.1 Å². The van der Waals surface area contributed by atoms with Crippen LogP contribution in [0.2, 0.25) is 0 Å². The molecule has 1 aliphatic carbocycles. The monoisotopic (exact) mass is 423 g/mol. The van der Waals surface area contributed by atoms with Gasteiger partial charge in [0.2, 0.25) is 0 Å². The van der Waals surface area contributed by atoms with Crippen LogP contribution in [0, 0.1) is 6.92 Å². The number of hydrogen-bond acceptors (Lipinski definition) is 3. The second kappa shape index (κ2) is 8.42. The number of allylic oxidation sites excluding steroid dienone is 2. The van der Waals surface area contributed by atoms with Crippen molar-refractivity contribution in [3.63, 3.8) is 0 Å². The van der Waals surface area contributed by atoms with E-state index in [0.717, 1.165) is 33.5 Å². The molecule has 5 rings (SSSR count). The van der Waals surface area contributed by atoms with Gasteiger partial charge in [0, 0.05) is 11.8 Å². The zero-order valence-electron chi connectivity index (χ0n) is 18.1. The number of aromatic nitrogens is 3. The van der Waals surface area contributed by atoms with Crippen LogP contribution in [-0.2, 0) is 6.54 Å². The van der Waals surface area contributed by atoms with E-state index in [0.29, 0.717) is 6.54 Å². The summed E-state index contributed by atoms with van der Waals surface area (Å²) >= 11 is 0. The Morgan fingerprint density at radius 2 is 1.84 bits per heavy atom. The molecule has 2 aromatic heterocycles. The average Bonchev–Trinajstić information content (AvgIpc) is 3.15. The number of para-hydroxylation sites is 1. The molecule has 0 amide bonds. The summed E-state index contributed by atoms with van der Waals surface area (Å²) in [4.78, 5) is 20.0.